The molecule has 6 nitrogen and oxygen atoms in total. The van der Waals surface area contributed by atoms with Gasteiger partial charge in [-0.2, -0.15) is 0 Å². The van der Waals surface area contributed by atoms with Crippen LogP contribution in [-0.4, -0.2) is 36.1 Å². The number of carbonyl (C=O) groups excluding carboxylic acids is 1. The number of hydrogen-bond donors (Lipinski definition) is 1. The summed E-state index contributed by atoms with van der Waals surface area (Å²) in [5, 5.41) is 6.03. The van der Waals surface area contributed by atoms with Crippen molar-refractivity contribution in [2.75, 3.05) is 25.1 Å². The van der Waals surface area contributed by atoms with Crippen LogP contribution in [0.3, 0.4) is 0 Å². The van der Waals surface area contributed by atoms with E-state index in [0.29, 0.717) is 18.0 Å². The molecular weight excluding hydrogens is 336 g/mol. The Kier molecular flexibility index (Phi) is 4.57. The molecule has 2 aliphatic rings. The van der Waals surface area contributed by atoms with E-state index >= 15 is 0 Å². The van der Waals surface area contributed by atoms with E-state index in [9.17, 15) is 4.79 Å². The van der Waals surface area contributed by atoms with Crippen molar-refractivity contribution in [3.05, 3.63) is 34.0 Å². The Balaban J connectivity index is 1.44. The molecule has 7 heteroatoms. The fourth-order valence-corrected chi connectivity index (χ4v) is 4.35. The lowest BCUT2D eigenvalue weighted by Gasteiger charge is -2.12. The first-order valence-corrected chi connectivity index (χ1v) is 9.67. The van der Waals surface area contributed by atoms with Crippen LogP contribution in [0.1, 0.15) is 46.6 Å². The molecule has 0 aromatic carbocycles. The topological polar surface area (TPSA) is 67.3 Å². The summed E-state index contributed by atoms with van der Waals surface area (Å²) in [5.74, 6) is 0.254. The zero-order valence-corrected chi connectivity index (χ0v) is 15.2. The molecule has 1 fully saturated rings. The van der Waals surface area contributed by atoms with Crippen LogP contribution < -0.4 is 15.0 Å². The normalized spacial score (nSPS) is 16.1. The van der Waals surface area contributed by atoms with Crippen molar-refractivity contribution in [3.63, 3.8) is 0 Å². The Labute approximate surface area is 151 Å². The number of amides is 1. The van der Waals surface area contributed by atoms with Gasteiger partial charge >= 0.3 is 0 Å². The molecular formula is C18H22N4O2S. The van der Waals surface area contributed by atoms with Gasteiger partial charge in [-0.1, -0.05) is 0 Å². The van der Waals surface area contributed by atoms with Crippen LogP contribution in [0.5, 0.6) is 5.88 Å². The van der Waals surface area contributed by atoms with E-state index in [1.807, 2.05) is 11.4 Å². The lowest BCUT2D eigenvalue weighted by molar-refractivity contribution is 0.0946. The first-order chi connectivity index (χ1) is 12.2. The number of thiazole rings is 1. The van der Waals surface area contributed by atoms with Gasteiger partial charge in [0.2, 0.25) is 5.88 Å². The second-order valence-corrected chi connectivity index (χ2v) is 7.34. The van der Waals surface area contributed by atoms with Gasteiger partial charge < -0.3 is 15.0 Å². The highest BCUT2D eigenvalue weighted by atomic mass is 32.1. The van der Waals surface area contributed by atoms with Crippen molar-refractivity contribution in [2.45, 2.75) is 38.6 Å². The summed E-state index contributed by atoms with van der Waals surface area (Å²) in [4.78, 5) is 24.0. The van der Waals surface area contributed by atoms with Crippen LogP contribution in [0.15, 0.2) is 11.4 Å². The average Bonchev–Trinajstić information content (AvgIpc) is 3.38. The number of aromatic nitrogens is 2. The van der Waals surface area contributed by atoms with E-state index in [2.05, 4.69) is 20.2 Å². The quantitative estimate of drug-likeness (QED) is 0.890. The lowest BCUT2D eigenvalue weighted by Crippen LogP contribution is -2.24. The van der Waals surface area contributed by atoms with Gasteiger partial charge in [0.15, 0.2) is 5.13 Å². The number of rotatable bonds is 5. The van der Waals surface area contributed by atoms with Gasteiger partial charge in [0.05, 0.1) is 19.3 Å². The first kappa shape index (κ1) is 16.3. The van der Waals surface area contributed by atoms with E-state index in [0.717, 1.165) is 54.4 Å². The molecule has 1 aliphatic heterocycles. The molecule has 1 aliphatic carbocycles. The predicted octanol–water partition coefficient (Wildman–Crippen LogP) is 2.57. The SMILES string of the molecule is COc1nc2c(cc1C(=O)NCc1csc(N3CCCC3)n1)CCC2. The third-order valence-corrected chi connectivity index (χ3v) is 5.75. The fraction of sp³-hybridized carbons (Fsp3) is 0.500. The van der Waals surface area contributed by atoms with E-state index in [1.54, 1.807) is 18.4 Å². The summed E-state index contributed by atoms with van der Waals surface area (Å²) in [6.45, 7) is 2.58. The molecule has 0 saturated carbocycles. The summed E-state index contributed by atoms with van der Waals surface area (Å²) in [7, 11) is 1.56. The summed E-state index contributed by atoms with van der Waals surface area (Å²) in [6.07, 6.45) is 5.51. The number of ether oxygens (including phenoxy) is 1. The summed E-state index contributed by atoms with van der Waals surface area (Å²) in [5.41, 5.74) is 3.63. The molecule has 2 aromatic rings. The maximum Gasteiger partial charge on any atom is 0.257 e. The number of nitrogens with one attached hydrogen (secondary N) is 1. The molecule has 4 rings (SSSR count). The number of fused-ring (bicyclic) bond motifs is 1. The van der Waals surface area contributed by atoms with Crippen molar-refractivity contribution in [1.29, 1.82) is 0 Å². The third kappa shape index (κ3) is 3.33. The molecule has 0 radical (unpaired) electrons. The molecule has 0 spiro atoms. The number of hydrogen-bond acceptors (Lipinski definition) is 6. The maximum absolute atomic E-state index is 12.6. The van der Waals surface area contributed by atoms with Crippen molar-refractivity contribution in [3.8, 4) is 5.88 Å². The van der Waals surface area contributed by atoms with E-state index in [-0.39, 0.29) is 5.91 Å². The Bertz CT molecular complexity index is 783. The van der Waals surface area contributed by atoms with E-state index < -0.39 is 0 Å². The number of aryl methyl sites for hydroxylation is 2. The number of pyridine rings is 1. The monoisotopic (exact) mass is 358 g/mol. The smallest absolute Gasteiger partial charge is 0.257 e. The van der Waals surface area contributed by atoms with Crippen molar-refractivity contribution in [2.24, 2.45) is 0 Å². The average molecular weight is 358 g/mol. The number of anilines is 1. The molecule has 0 unspecified atom stereocenters. The third-order valence-electron chi connectivity index (χ3n) is 4.80. The second-order valence-electron chi connectivity index (χ2n) is 6.50. The molecule has 0 bridgehead atoms. The van der Waals surface area contributed by atoms with Crippen LogP contribution in [0.25, 0.3) is 0 Å². The standard InChI is InChI=1S/C18H22N4O2S/c1-24-17-14(9-12-5-4-6-15(12)21-17)16(23)19-10-13-11-25-18(20-13)22-7-2-3-8-22/h9,11H,2-8,10H2,1H3,(H,19,23). The second kappa shape index (κ2) is 7.00. The van der Waals surface area contributed by atoms with Gasteiger partial charge in [-0.25, -0.2) is 9.97 Å². The summed E-state index contributed by atoms with van der Waals surface area (Å²) < 4.78 is 5.32. The molecule has 1 amide bonds. The maximum atomic E-state index is 12.6. The highest BCUT2D eigenvalue weighted by Crippen LogP contribution is 2.27. The Hall–Kier alpha value is -2.15. The zero-order valence-electron chi connectivity index (χ0n) is 14.4. The van der Waals surface area contributed by atoms with Crippen LogP contribution in [0.4, 0.5) is 5.13 Å². The minimum atomic E-state index is -0.158. The van der Waals surface area contributed by atoms with Crippen LogP contribution in [-0.2, 0) is 19.4 Å². The molecule has 3 heterocycles. The minimum Gasteiger partial charge on any atom is -0.480 e. The van der Waals surface area contributed by atoms with Crippen molar-refractivity contribution < 1.29 is 9.53 Å². The largest absolute Gasteiger partial charge is 0.480 e. The van der Waals surface area contributed by atoms with Gasteiger partial charge in [0.1, 0.15) is 5.56 Å². The molecule has 132 valence electrons. The Morgan fingerprint density at radius 3 is 2.92 bits per heavy atom. The van der Waals surface area contributed by atoms with Gasteiger partial charge in [-0.15, -0.1) is 11.3 Å². The fourth-order valence-electron chi connectivity index (χ4n) is 3.47. The summed E-state index contributed by atoms with van der Waals surface area (Å²) in [6, 6.07) is 1.93. The van der Waals surface area contributed by atoms with Gasteiger partial charge in [-0.05, 0) is 43.7 Å². The minimum absolute atomic E-state index is 0.158. The first-order valence-electron chi connectivity index (χ1n) is 8.79. The number of nitrogens with zero attached hydrogens (tertiary/aromatic N) is 3. The molecule has 25 heavy (non-hydrogen) atoms. The van der Waals surface area contributed by atoms with Crippen molar-refractivity contribution in [1.82, 2.24) is 15.3 Å². The highest BCUT2D eigenvalue weighted by molar-refractivity contribution is 7.13. The Morgan fingerprint density at radius 2 is 2.12 bits per heavy atom. The van der Waals surface area contributed by atoms with Crippen molar-refractivity contribution >= 4 is 22.4 Å². The van der Waals surface area contributed by atoms with Crippen LogP contribution in [0, 0.1) is 0 Å². The number of methoxy groups -OCH3 is 1. The van der Waals surface area contributed by atoms with Crippen LogP contribution >= 0.6 is 11.3 Å². The molecule has 1 saturated heterocycles. The molecule has 0 atom stereocenters. The number of carbonyl (C=O) groups is 1. The van der Waals surface area contributed by atoms with Gasteiger partial charge in [-0.3, -0.25) is 4.79 Å². The van der Waals surface area contributed by atoms with Gasteiger partial charge in [0, 0.05) is 24.2 Å². The highest BCUT2D eigenvalue weighted by Gasteiger charge is 2.21. The predicted molar refractivity (Wildman–Crippen MR) is 97.5 cm³/mol. The zero-order chi connectivity index (χ0) is 17.2. The molecule has 2 aromatic heterocycles. The van der Waals surface area contributed by atoms with Crippen LogP contribution in [0.2, 0.25) is 0 Å². The van der Waals surface area contributed by atoms with E-state index in [4.69, 9.17) is 4.74 Å². The van der Waals surface area contributed by atoms with Gasteiger partial charge in [0.25, 0.3) is 5.91 Å². The Morgan fingerprint density at radius 1 is 1.28 bits per heavy atom. The summed E-state index contributed by atoms with van der Waals surface area (Å²) >= 11 is 1.64. The molecule has 1 N–H and O–H groups in total. The lowest BCUT2D eigenvalue weighted by atomic mass is 10.1. The van der Waals surface area contributed by atoms with E-state index in [1.165, 1.54) is 12.8 Å².